The third-order valence-electron chi connectivity index (χ3n) is 3.26. The minimum Gasteiger partial charge on any atom is -0.481 e. The zero-order valence-electron chi connectivity index (χ0n) is 11.8. The Kier molecular flexibility index (Phi) is 4.50. The number of rotatable bonds is 6. The number of anilines is 1. The van der Waals surface area contributed by atoms with E-state index in [1.54, 1.807) is 0 Å². The van der Waals surface area contributed by atoms with Crippen LogP contribution in [0.25, 0.3) is 11.0 Å². The van der Waals surface area contributed by atoms with Gasteiger partial charge in [-0.05, 0) is 26.0 Å². The van der Waals surface area contributed by atoms with Gasteiger partial charge in [0.1, 0.15) is 0 Å². The molecule has 0 fully saturated rings. The predicted octanol–water partition coefficient (Wildman–Crippen LogP) is 2.49. The van der Waals surface area contributed by atoms with Crippen molar-refractivity contribution >= 4 is 22.8 Å². The van der Waals surface area contributed by atoms with Crippen LogP contribution in [0.1, 0.15) is 26.0 Å². The van der Waals surface area contributed by atoms with Gasteiger partial charge in [-0.1, -0.05) is 12.1 Å². The Morgan fingerprint density at radius 2 is 1.75 bits per heavy atom. The average Bonchev–Trinajstić information content (AvgIpc) is 2.46. The van der Waals surface area contributed by atoms with Gasteiger partial charge in [0.25, 0.3) is 0 Å². The SMILES string of the molecule is CCN(CC)c1nc2ccccc2nc1CCC(=O)O. The van der Waals surface area contributed by atoms with Crippen LogP contribution >= 0.6 is 0 Å². The van der Waals surface area contributed by atoms with Crippen molar-refractivity contribution in [2.24, 2.45) is 0 Å². The van der Waals surface area contributed by atoms with E-state index in [0.29, 0.717) is 6.42 Å². The Bertz CT molecular complexity index is 609. The molecule has 1 aromatic carbocycles. The van der Waals surface area contributed by atoms with E-state index in [1.165, 1.54) is 0 Å². The highest BCUT2D eigenvalue weighted by atomic mass is 16.4. The van der Waals surface area contributed by atoms with Crippen LogP contribution in [0.5, 0.6) is 0 Å². The van der Waals surface area contributed by atoms with Crippen molar-refractivity contribution in [2.45, 2.75) is 26.7 Å². The summed E-state index contributed by atoms with van der Waals surface area (Å²) in [7, 11) is 0. The van der Waals surface area contributed by atoms with E-state index in [4.69, 9.17) is 5.11 Å². The Labute approximate surface area is 118 Å². The van der Waals surface area contributed by atoms with Gasteiger partial charge in [-0.2, -0.15) is 0 Å². The van der Waals surface area contributed by atoms with Crippen molar-refractivity contribution in [1.29, 1.82) is 0 Å². The van der Waals surface area contributed by atoms with Gasteiger partial charge in [-0.25, -0.2) is 9.97 Å². The summed E-state index contributed by atoms with van der Waals surface area (Å²) in [4.78, 5) is 22.2. The molecule has 2 rings (SSSR count). The molecular formula is C15H19N3O2. The number of aromatic nitrogens is 2. The Balaban J connectivity index is 2.48. The molecule has 0 saturated carbocycles. The van der Waals surface area contributed by atoms with Gasteiger partial charge in [0, 0.05) is 19.5 Å². The van der Waals surface area contributed by atoms with Gasteiger partial charge in [0.15, 0.2) is 5.82 Å². The number of para-hydroxylation sites is 2. The molecule has 0 bridgehead atoms. The fourth-order valence-electron chi connectivity index (χ4n) is 2.20. The number of fused-ring (bicyclic) bond motifs is 1. The number of hydrogen-bond acceptors (Lipinski definition) is 4. The fourth-order valence-corrected chi connectivity index (χ4v) is 2.20. The molecule has 20 heavy (non-hydrogen) atoms. The molecule has 0 atom stereocenters. The fraction of sp³-hybridized carbons (Fsp3) is 0.400. The first-order valence-electron chi connectivity index (χ1n) is 6.88. The molecule has 106 valence electrons. The van der Waals surface area contributed by atoms with Gasteiger partial charge >= 0.3 is 5.97 Å². The topological polar surface area (TPSA) is 66.3 Å². The lowest BCUT2D eigenvalue weighted by Crippen LogP contribution is -2.25. The van der Waals surface area contributed by atoms with E-state index >= 15 is 0 Å². The lowest BCUT2D eigenvalue weighted by molar-refractivity contribution is -0.136. The maximum absolute atomic E-state index is 10.8. The van der Waals surface area contributed by atoms with Crippen molar-refractivity contribution in [2.75, 3.05) is 18.0 Å². The Hall–Kier alpha value is -2.17. The summed E-state index contributed by atoms with van der Waals surface area (Å²) in [6.07, 6.45) is 0.473. The lowest BCUT2D eigenvalue weighted by Gasteiger charge is -2.22. The molecule has 0 unspecified atom stereocenters. The van der Waals surface area contributed by atoms with Crippen LogP contribution in [0.4, 0.5) is 5.82 Å². The number of carboxylic acid groups (broad SMARTS) is 1. The second-order valence-corrected chi connectivity index (χ2v) is 4.55. The van der Waals surface area contributed by atoms with E-state index in [1.807, 2.05) is 24.3 Å². The molecule has 0 amide bonds. The second kappa shape index (κ2) is 6.32. The number of nitrogens with zero attached hydrogens (tertiary/aromatic N) is 3. The van der Waals surface area contributed by atoms with Crippen molar-refractivity contribution in [3.63, 3.8) is 0 Å². The molecule has 5 heteroatoms. The van der Waals surface area contributed by atoms with Gasteiger partial charge in [0.2, 0.25) is 0 Å². The van der Waals surface area contributed by atoms with Crippen LogP contribution in [0.15, 0.2) is 24.3 Å². The highest BCUT2D eigenvalue weighted by molar-refractivity contribution is 5.77. The highest BCUT2D eigenvalue weighted by Crippen LogP contribution is 2.21. The summed E-state index contributed by atoms with van der Waals surface area (Å²) in [6, 6.07) is 7.67. The standard InChI is InChI=1S/C15H19N3O2/c1-3-18(4-2)15-13(9-10-14(19)20)16-11-7-5-6-8-12(11)17-15/h5-8H,3-4,9-10H2,1-2H3,(H,19,20). The summed E-state index contributed by atoms with van der Waals surface area (Å²) < 4.78 is 0. The van der Waals surface area contributed by atoms with E-state index < -0.39 is 5.97 Å². The van der Waals surface area contributed by atoms with Gasteiger partial charge in [0.05, 0.1) is 23.1 Å². The molecule has 1 aromatic heterocycles. The molecule has 0 aliphatic heterocycles. The third-order valence-corrected chi connectivity index (χ3v) is 3.26. The zero-order chi connectivity index (χ0) is 14.5. The normalized spacial score (nSPS) is 10.7. The van der Waals surface area contributed by atoms with Crippen LogP contribution in [0.3, 0.4) is 0 Å². The minimum absolute atomic E-state index is 0.0707. The minimum atomic E-state index is -0.814. The number of benzene rings is 1. The average molecular weight is 273 g/mol. The largest absolute Gasteiger partial charge is 0.481 e. The van der Waals surface area contributed by atoms with Crippen molar-refractivity contribution < 1.29 is 9.90 Å². The highest BCUT2D eigenvalue weighted by Gasteiger charge is 2.14. The van der Waals surface area contributed by atoms with E-state index in [9.17, 15) is 4.79 Å². The molecule has 2 aromatic rings. The Morgan fingerprint density at radius 1 is 1.15 bits per heavy atom. The molecular weight excluding hydrogens is 254 g/mol. The van der Waals surface area contributed by atoms with E-state index in [-0.39, 0.29) is 6.42 Å². The number of hydrogen-bond donors (Lipinski definition) is 1. The van der Waals surface area contributed by atoms with Gasteiger partial charge in [-0.3, -0.25) is 4.79 Å². The number of carboxylic acids is 1. The molecule has 0 saturated heterocycles. The van der Waals surface area contributed by atoms with Crippen LogP contribution in [0, 0.1) is 0 Å². The maximum atomic E-state index is 10.8. The van der Waals surface area contributed by atoms with Crippen LogP contribution in [-0.4, -0.2) is 34.1 Å². The molecule has 0 radical (unpaired) electrons. The molecule has 0 spiro atoms. The third kappa shape index (κ3) is 3.04. The monoisotopic (exact) mass is 273 g/mol. The van der Waals surface area contributed by atoms with Crippen molar-refractivity contribution in [3.05, 3.63) is 30.0 Å². The second-order valence-electron chi connectivity index (χ2n) is 4.55. The Morgan fingerprint density at radius 3 is 2.30 bits per heavy atom. The van der Waals surface area contributed by atoms with Crippen LogP contribution < -0.4 is 4.90 Å². The quantitative estimate of drug-likeness (QED) is 0.876. The maximum Gasteiger partial charge on any atom is 0.303 e. The molecule has 0 aliphatic rings. The molecule has 1 N–H and O–H groups in total. The number of aryl methyl sites for hydroxylation is 1. The first-order valence-corrected chi connectivity index (χ1v) is 6.88. The van der Waals surface area contributed by atoms with Crippen LogP contribution in [-0.2, 0) is 11.2 Å². The first kappa shape index (κ1) is 14.2. The summed E-state index contributed by atoms with van der Waals surface area (Å²) in [6.45, 7) is 5.76. The number of carbonyl (C=O) groups is 1. The predicted molar refractivity (Wildman–Crippen MR) is 79.1 cm³/mol. The lowest BCUT2D eigenvalue weighted by atomic mass is 10.2. The van der Waals surface area contributed by atoms with E-state index in [0.717, 1.165) is 35.6 Å². The van der Waals surface area contributed by atoms with Gasteiger partial charge in [-0.15, -0.1) is 0 Å². The molecule has 5 nitrogen and oxygen atoms in total. The zero-order valence-corrected chi connectivity index (χ0v) is 11.8. The molecule has 1 heterocycles. The summed E-state index contributed by atoms with van der Waals surface area (Å²) in [5.74, 6) is -0.0135. The van der Waals surface area contributed by atoms with Crippen molar-refractivity contribution in [3.8, 4) is 0 Å². The van der Waals surface area contributed by atoms with Gasteiger partial charge < -0.3 is 10.0 Å². The van der Waals surface area contributed by atoms with Crippen molar-refractivity contribution in [1.82, 2.24) is 9.97 Å². The summed E-state index contributed by atoms with van der Waals surface area (Å²) in [5.41, 5.74) is 2.41. The smallest absolute Gasteiger partial charge is 0.303 e. The molecule has 0 aliphatic carbocycles. The summed E-state index contributed by atoms with van der Waals surface area (Å²) in [5, 5.41) is 8.87. The van der Waals surface area contributed by atoms with Crippen LogP contribution in [0.2, 0.25) is 0 Å². The van der Waals surface area contributed by atoms with E-state index in [2.05, 4.69) is 28.7 Å². The summed E-state index contributed by atoms with van der Waals surface area (Å²) >= 11 is 0. The number of aliphatic carboxylic acids is 1. The first-order chi connectivity index (χ1) is 9.65.